The topological polar surface area (TPSA) is 110 Å². The molecule has 1 aromatic heterocycles. The smallest absolute Gasteiger partial charge is 0.329 e. The molecule has 32 heavy (non-hydrogen) atoms. The van der Waals surface area contributed by atoms with E-state index < -0.39 is 23.7 Å². The molecule has 2 amide bonds. The Kier molecular flexibility index (Phi) is 8.10. The summed E-state index contributed by atoms with van der Waals surface area (Å²) in [5.74, 6) is -0.853. The summed E-state index contributed by atoms with van der Waals surface area (Å²) in [5, 5.41) is 9.01. The number of carbonyl (C=O) groups excluding carboxylic acids is 3. The third kappa shape index (κ3) is 5.98. The Balaban J connectivity index is 1.92. The highest BCUT2D eigenvalue weighted by molar-refractivity contribution is 8.14. The van der Waals surface area contributed by atoms with Crippen LogP contribution in [-0.4, -0.2) is 51.2 Å². The molecule has 2 aliphatic heterocycles. The van der Waals surface area contributed by atoms with Gasteiger partial charge in [0, 0.05) is 11.1 Å². The number of esters is 1. The molecule has 0 spiro atoms. The molecule has 3 rings (SSSR count). The normalized spacial score (nSPS) is 27.3. The van der Waals surface area contributed by atoms with Gasteiger partial charge in [-0.1, -0.05) is 33.3 Å². The van der Waals surface area contributed by atoms with Crippen molar-refractivity contribution < 1.29 is 19.1 Å². The van der Waals surface area contributed by atoms with Crippen molar-refractivity contribution in [1.82, 2.24) is 15.6 Å². The molecule has 1 aromatic rings. The number of allylic oxidation sites excluding steroid dienone is 1. The number of nitrogens with zero attached hydrogens (tertiary/aromatic N) is 2. The number of hydrogen-bond acceptors (Lipinski definition) is 8. The van der Waals surface area contributed by atoms with Crippen LogP contribution >= 0.6 is 23.1 Å². The first kappa shape index (κ1) is 24.4. The van der Waals surface area contributed by atoms with Gasteiger partial charge in [0.05, 0.1) is 13.0 Å². The second-order valence-electron chi connectivity index (χ2n) is 8.47. The van der Waals surface area contributed by atoms with Crippen molar-refractivity contribution in [3.63, 3.8) is 0 Å². The first-order valence-corrected chi connectivity index (χ1v) is 12.7. The summed E-state index contributed by atoms with van der Waals surface area (Å²) in [7, 11) is 0. The predicted octanol–water partition coefficient (Wildman–Crippen LogP) is 2.82. The van der Waals surface area contributed by atoms with Crippen LogP contribution in [0.1, 0.15) is 57.7 Å². The Morgan fingerprint density at radius 1 is 1.34 bits per heavy atom. The maximum absolute atomic E-state index is 13.1. The van der Waals surface area contributed by atoms with Gasteiger partial charge in [0.2, 0.25) is 11.8 Å². The van der Waals surface area contributed by atoms with Crippen LogP contribution in [0.4, 0.5) is 0 Å². The molecule has 2 aliphatic rings. The Morgan fingerprint density at radius 3 is 2.84 bits per heavy atom. The molecule has 3 atom stereocenters. The summed E-state index contributed by atoms with van der Waals surface area (Å²) in [5.41, 5.74) is -0.295. The molecule has 1 unspecified atom stereocenters. The van der Waals surface area contributed by atoms with Crippen LogP contribution in [0.3, 0.4) is 0 Å². The van der Waals surface area contributed by atoms with E-state index in [1.165, 1.54) is 23.1 Å². The van der Waals surface area contributed by atoms with E-state index >= 15 is 0 Å². The van der Waals surface area contributed by atoms with Gasteiger partial charge >= 0.3 is 5.97 Å². The lowest BCUT2D eigenvalue weighted by Gasteiger charge is -2.27. The van der Waals surface area contributed by atoms with Crippen LogP contribution in [0.5, 0.6) is 0 Å². The van der Waals surface area contributed by atoms with E-state index in [0.29, 0.717) is 16.5 Å². The number of thiazole rings is 1. The number of rotatable bonds is 4. The van der Waals surface area contributed by atoms with Gasteiger partial charge in [-0.15, -0.1) is 23.1 Å². The first-order chi connectivity index (χ1) is 15.2. The summed E-state index contributed by atoms with van der Waals surface area (Å²) in [4.78, 5) is 47.8. The van der Waals surface area contributed by atoms with Gasteiger partial charge in [-0.05, 0) is 25.3 Å². The van der Waals surface area contributed by atoms with Gasteiger partial charge in [0.15, 0.2) is 0 Å². The van der Waals surface area contributed by atoms with Crippen molar-refractivity contribution in [1.29, 1.82) is 0 Å². The summed E-state index contributed by atoms with van der Waals surface area (Å²) >= 11 is 2.89. The number of hydrogen-bond donors (Lipinski definition) is 2. The maximum atomic E-state index is 13.1. The van der Waals surface area contributed by atoms with Crippen molar-refractivity contribution in [2.24, 2.45) is 10.9 Å². The second kappa shape index (κ2) is 10.6. The highest BCUT2D eigenvalue weighted by Crippen LogP contribution is 2.32. The molecule has 0 saturated carbocycles. The predicted molar refractivity (Wildman–Crippen MR) is 127 cm³/mol. The average Bonchev–Trinajstić information content (AvgIpc) is 3.37. The SMILES string of the molecule is CCC/C=C/C1CC(=O)NCc2nc(cs2)C2=N[C@@](C)(CS2)C(=O)N[C@@H](C(C)C)C(=O)O1. The first-order valence-electron chi connectivity index (χ1n) is 10.8. The molecule has 3 heterocycles. The molecule has 0 saturated heterocycles. The fourth-order valence-corrected chi connectivity index (χ4v) is 5.17. The number of nitrogens with one attached hydrogen (secondary N) is 2. The van der Waals surface area contributed by atoms with Crippen LogP contribution in [0, 0.1) is 5.92 Å². The van der Waals surface area contributed by atoms with E-state index in [-0.39, 0.29) is 30.7 Å². The zero-order chi connectivity index (χ0) is 23.3. The zero-order valence-electron chi connectivity index (χ0n) is 18.8. The number of fused-ring (bicyclic) bond motifs is 4. The third-order valence-electron chi connectivity index (χ3n) is 5.20. The molecule has 2 N–H and O–H groups in total. The lowest BCUT2D eigenvalue weighted by Crippen LogP contribution is -2.53. The van der Waals surface area contributed by atoms with Crippen molar-refractivity contribution in [3.05, 3.63) is 28.2 Å². The molecule has 8 nitrogen and oxygen atoms in total. The summed E-state index contributed by atoms with van der Waals surface area (Å²) < 4.78 is 5.68. The van der Waals surface area contributed by atoms with Crippen LogP contribution in [0.2, 0.25) is 0 Å². The Bertz CT molecular complexity index is 927. The highest BCUT2D eigenvalue weighted by atomic mass is 32.2. The lowest BCUT2D eigenvalue weighted by atomic mass is 10.0. The fraction of sp³-hybridized carbons (Fsp3) is 0.591. The second-order valence-corrected chi connectivity index (χ2v) is 10.4. The summed E-state index contributed by atoms with van der Waals surface area (Å²) in [6.45, 7) is 7.78. The van der Waals surface area contributed by atoms with Gasteiger partial charge in [0.25, 0.3) is 0 Å². The molecule has 0 aromatic carbocycles. The van der Waals surface area contributed by atoms with Crippen LogP contribution in [0.25, 0.3) is 0 Å². The quantitative estimate of drug-likeness (QED) is 0.509. The van der Waals surface area contributed by atoms with Crippen molar-refractivity contribution in [2.75, 3.05) is 5.75 Å². The minimum Gasteiger partial charge on any atom is -0.456 e. The molecule has 10 heteroatoms. The van der Waals surface area contributed by atoms with E-state index in [4.69, 9.17) is 4.74 Å². The standard InChI is InChI=1S/C22H30N4O4S2/c1-5-6-7-8-14-9-16(27)23-10-17-24-15(11-31-17)19-26-22(4,12-32-19)21(29)25-18(13(2)3)20(28)30-14/h7-8,11,13-14,18H,5-6,9-10,12H2,1-4H3,(H,23,27)(H,25,29)/b8-7+/t14?,18-,22-/m0/s1. The van der Waals surface area contributed by atoms with Crippen molar-refractivity contribution in [3.8, 4) is 0 Å². The minimum absolute atomic E-state index is 0.00320. The van der Waals surface area contributed by atoms with Crippen LogP contribution in [-0.2, 0) is 25.7 Å². The number of amides is 2. The number of aromatic nitrogens is 1. The van der Waals surface area contributed by atoms with E-state index in [1.54, 1.807) is 13.0 Å². The molecule has 4 bridgehead atoms. The van der Waals surface area contributed by atoms with Crippen LogP contribution < -0.4 is 10.6 Å². The lowest BCUT2D eigenvalue weighted by molar-refractivity contribution is -0.153. The number of carbonyl (C=O) groups is 3. The van der Waals surface area contributed by atoms with Gasteiger partial charge in [-0.3, -0.25) is 14.6 Å². The fourth-order valence-electron chi connectivity index (χ4n) is 3.25. The molecule has 0 fully saturated rings. The van der Waals surface area contributed by atoms with E-state index in [9.17, 15) is 14.4 Å². The molecular weight excluding hydrogens is 448 g/mol. The van der Waals surface area contributed by atoms with Gasteiger partial charge in [0.1, 0.15) is 33.4 Å². The maximum Gasteiger partial charge on any atom is 0.329 e. The monoisotopic (exact) mass is 478 g/mol. The largest absolute Gasteiger partial charge is 0.456 e. The minimum atomic E-state index is -0.997. The van der Waals surface area contributed by atoms with Crippen molar-refractivity contribution in [2.45, 2.75) is 71.2 Å². The Morgan fingerprint density at radius 2 is 2.12 bits per heavy atom. The number of aliphatic imine (C=N–C) groups is 1. The number of cyclic esters (lactones) is 1. The Hall–Kier alpha value is -2.20. The zero-order valence-corrected chi connectivity index (χ0v) is 20.5. The van der Waals surface area contributed by atoms with E-state index in [0.717, 1.165) is 17.8 Å². The van der Waals surface area contributed by atoms with Crippen molar-refractivity contribution >= 4 is 45.9 Å². The number of ether oxygens (including phenoxy) is 1. The summed E-state index contributed by atoms with van der Waals surface area (Å²) in [6, 6.07) is -0.840. The molecule has 0 aliphatic carbocycles. The molecule has 0 radical (unpaired) electrons. The third-order valence-corrected chi connectivity index (χ3v) is 7.33. The average molecular weight is 479 g/mol. The van der Waals surface area contributed by atoms with E-state index in [1.807, 2.05) is 32.2 Å². The highest BCUT2D eigenvalue weighted by Gasteiger charge is 2.41. The van der Waals surface area contributed by atoms with Gasteiger partial charge < -0.3 is 15.4 Å². The van der Waals surface area contributed by atoms with Gasteiger partial charge in [-0.25, -0.2) is 9.78 Å². The number of thioether (sulfide) groups is 1. The summed E-state index contributed by atoms with van der Waals surface area (Å²) in [6.07, 6.45) is 4.71. The van der Waals surface area contributed by atoms with Gasteiger partial charge in [-0.2, -0.15) is 0 Å². The van der Waals surface area contributed by atoms with Crippen LogP contribution in [0.15, 0.2) is 22.5 Å². The molecular formula is C22H30N4O4S2. The Labute approximate surface area is 196 Å². The molecule has 174 valence electrons. The number of unbranched alkanes of at least 4 members (excludes halogenated alkanes) is 1. The van der Waals surface area contributed by atoms with E-state index in [2.05, 4.69) is 20.6 Å².